The van der Waals surface area contributed by atoms with Gasteiger partial charge in [0.2, 0.25) is 18.6 Å². The van der Waals surface area contributed by atoms with E-state index < -0.39 is 5.92 Å². The number of halogens is 1. The van der Waals surface area contributed by atoms with E-state index in [0.29, 0.717) is 36.0 Å². The number of ether oxygens (including phenoxy) is 2. The predicted molar refractivity (Wildman–Crippen MR) is 101 cm³/mol. The zero-order valence-corrected chi connectivity index (χ0v) is 15.6. The van der Waals surface area contributed by atoms with Gasteiger partial charge in [-0.05, 0) is 54.8 Å². The number of amides is 2. The first kappa shape index (κ1) is 17.7. The molecule has 4 rings (SSSR count). The van der Waals surface area contributed by atoms with Gasteiger partial charge in [-0.15, -0.1) is 0 Å². The minimum Gasteiger partial charge on any atom is -0.454 e. The molecule has 1 N–H and O–H groups in total. The smallest absolute Gasteiger partial charge is 0.239 e. The molecule has 0 aliphatic carbocycles. The van der Waals surface area contributed by atoms with E-state index in [9.17, 15) is 9.59 Å². The molecule has 2 amide bonds. The molecule has 7 heteroatoms. The van der Waals surface area contributed by atoms with Crippen LogP contribution in [0.3, 0.4) is 0 Å². The van der Waals surface area contributed by atoms with Crippen LogP contribution >= 0.6 is 11.6 Å². The second kappa shape index (κ2) is 7.12. The van der Waals surface area contributed by atoms with Crippen molar-refractivity contribution in [2.75, 3.05) is 18.2 Å². The van der Waals surface area contributed by atoms with Crippen molar-refractivity contribution in [3.63, 3.8) is 0 Å². The average Bonchev–Trinajstić information content (AvgIpc) is 3.28. The van der Waals surface area contributed by atoms with Crippen molar-refractivity contribution in [1.29, 1.82) is 0 Å². The van der Waals surface area contributed by atoms with E-state index >= 15 is 0 Å². The first-order valence-electron chi connectivity index (χ1n) is 8.77. The number of fused-ring (bicyclic) bond motifs is 1. The highest BCUT2D eigenvalue weighted by molar-refractivity contribution is 6.31. The third kappa shape index (κ3) is 3.45. The van der Waals surface area contributed by atoms with Crippen LogP contribution in [0.2, 0.25) is 5.02 Å². The van der Waals surface area contributed by atoms with E-state index in [1.54, 1.807) is 17.0 Å². The Kier molecular flexibility index (Phi) is 4.66. The number of nitrogens with zero attached hydrogens (tertiary/aromatic N) is 1. The number of benzene rings is 2. The quantitative estimate of drug-likeness (QED) is 0.820. The zero-order valence-electron chi connectivity index (χ0n) is 14.8. The molecule has 2 aromatic rings. The van der Waals surface area contributed by atoms with Crippen LogP contribution in [0.25, 0.3) is 0 Å². The lowest BCUT2D eigenvalue weighted by atomic mass is 10.1. The van der Waals surface area contributed by atoms with Crippen LogP contribution in [-0.4, -0.2) is 25.2 Å². The third-order valence-electron chi connectivity index (χ3n) is 4.88. The van der Waals surface area contributed by atoms with Crippen LogP contribution in [0.15, 0.2) is 36.4 Å². The van der Waals surface area contributed by atoms with Crippen molar-refractivity contribution in [2.45, 2.75) is 19.9 Å². The molecule has 1 fully saturated rings. The number of hydrogen-bond acceptors (Lipinski definition) is 4. The minimum atomic E-state index is -0.671. The Bertz CT molecular complexity index is 915. The van der Waals surface area contributed by atoms with Gasteiger partial charge in [-0.3, -0.25) is 9.59 Å². The SMILES string of the molecule is Cc1cc(N2CCC(C(=O)NCc3ccc4c(c3)OCO4)C2=O)ccc1Cl. The van der Waals surface area contributed by atoms with E-state index in [-0.39, 0.29) is 18.6 Å². The second-order valence-electron chi connectivity index (χ2n) is 6.67. The lowest BCUT2D eigenvalue weighted by molar-refractivity contribution is -0.132. The fraction of sp³-hybridized carbons (Fsp3) is 0.300. The van der Waals surface area contributed by atoms with Crippen LogP contribution in [0.4, 0.5) is 5.69 Å². The Morgan fingerprint density at radius 3 is 2.85 bits per heavy atom. The lowest BCUT2D eigenvalue weighted by Gasteiger charge is -2.17. The van der Waals surface area contributed by atoms with Gasteiger partial charge in [0.15, 0.2) is 11.5 Å². The van der Waals surface area contributed by atoms with Crippen LogP contribution < -0.4 is 19.7 Å². The Morgan fingerprint density at radius 2 is 2.04 bits per heavy atom. The molecule has 1 unspecified atom stereocenters. The number of aryl methyl sites for hydroxylation is 1. The van der Waals surface area contributed by atoms with Gasteiger partial charge in [-0.25, -0.2) is 0 Å². The summed E-state index contributed by atoms with van der Waals surface area (Å²) in [5.74, 6) is 0.258. The maximum Gasteiger partial charge on any atom is 0.239 e. The second-order valence-corrected chi connectivity index (χ2v) is 7.08. The molecule has 0 spiro atoms. The molecule has 0 saturated carbocycles. The Hall–Kier alpha value is -2.73. The summed E-state index contributed by atoms with van der Waals surface area (Å²) < 4.78 is 10.6. The summed E-state index contributed by atoms with van der Waals surface area (Å²) in [5.41, 5.74) is 2.56. The summed E-state index contributed by atoms with van der Waals surface area (Å²) in [5, 5.41) is 3.51. The highest BCUT2D eigenvalue weighted by atomic mass is 35.5. The molecule has 1 saturated heterocycles. The van der Waals surface area contributed by atoms with Gasteiger partial charge >= 0.3 is 0 Å². The van der Waals surface area contributed by atoms with Gasteiger partial charge in [-0.2, -0.15) is 0 Å². The Balaban J connectivity index is 1.39. The van der Waals surface area contributed by atoms with Gasteiger partial charge < -0.3 is 19.7 Å². The minimum absolute atomic E-state index is 0.181. The molecular weight excluding hydrogens is 368 g/mol. The summed E-state index contributed by atoms with van der Waals surface area (Å²) in [4.78, 5) is 26.9. The molecule has 2 aromatic carbocycles. The van der Waals surface area contributed by atoms with E-state index in [0.717, 1.165) is 16.8 Å². The number of carbonyl (C=O) groups is 2. The van der Waals surface area contributed by atoms with Crippen LogP contribution in [0.5, 0.6) is 11.5 Å². The van der Waals surface area contributed by atoms with Crippen LogP contribution in [0.1, 0.15) is 17.5 Å². The van der Waals surface area contributed by atoms with Crippen molar-refractivity contribution < 1.29 is 19.1 Å². The van der Waals surface area contributed by atoms with E-state index in [2.05, 4.69) is 5.32 Å². The van der Waals surface area contributed by atoms with Crippen LogP contribution in [-0.2, 0) is 16.1 Å². The maximum absolute atomic E-state index is 12.7. The van der Waals surface area contributed by atoms with Gasteiger partial charge in [0, 0.05) is 23.8 Å². The molecule has 0 aromatic heterocycles. The first-order chi connectivity index (χ1) is 13.0. The van der Waals surface area contributed by atoms with Gasteiger partial charge in [0.25, 0.3) is 0 Å². The molecule has 1 atom stereocenters. The summed E-state index contributed by atoms with van der Waals surface area (Å²) in [6, 6.07) is 11.0. The summed E-state index contributed by atoms with van der Waals surface area (Å²) >= 11 is 6.05. The predicted octanol–water partition coefficient (Wildman–Crippen LogP) is 3.05. The van der Waals surface area contributed by atoms with Crippen molar-refractivity contribution in [3.8, 4) is 11.5 Å². The van der Waals surface area contributed by atoms with E-state index in [1.807, 2.05) is 31.2 Å². The standard InChI is InChI=1S/C20H19ClN2O4/c1-12-8-14(3-4-16(12)21)23-7-6-15(20(23)25)19(24)22-10-13-2-5-17-18(9-13)27-11-26-17/h2-5,8-9,15H,6-7,10-11H2,1H3,(H,22,24). The molecule has 0 radical (unpaired) electrons. The van der Waals surface area contributed by atoms with Crippen molar-refractivity contribution in [1.82, 2.24) is 5.32 Å². The van der Waals surface area contributed by atoms with E-state index in [4.69, 9.17) is 21.1 Å². The van der Waals surface area contributed by atoms with Gasteiger partial charge in [0.1, 0.15) is 5.92 Å². The normalized spacial score (nSPS) is 18.1. The van der Waals surface area contributed by atoms with Gasteiger partial charge in [0.05, 0.1) is 0 Å². The Morgan fingerprint density at radius 1 is 1.22 bits per heavy atom. The molecule has 2 aliphatic heterocycles. The first-order valence-corrected chi connectivity index (χ1v) is 9.14. The number of hydrogen-bond donors (Lipinski definition) is 1. The van der Waals surface area contributed by atoms with E-state index in [1.165, 1.54) is 0 Å². The van der Waals surface area contributed by atoms with Crippen molar-refractivity contribution >= 4 is 29.1 Å². The molecule has 2 aliphatic rings. The summed E-state index contributed by atoms with van der Waals surface area (Å²) in [6.07, 6.45) is 0.494. The summed E-state index contributed by atoms with van der Waals surface area (Å²) in [6.45, 7) is 2.95. The fourth-order valence-electron chi connectivity index (χ4n) is 3.34. The third-order valence-corrected chi connectivity index (χ3v) is 5.30. The zero-order chi connectivity index (χ0) is 19.0. The molecule has 6 nitrogen and oxygen atoms in total. The number of anilines is 1. The monoisotopic (exact) mass is 386 g/mol. The largest absolute Gasteiger partial charge is 0.454 e. The van der Waals surface area contributed by atoms with Crippen molar-refractivity contribution in [3.05, 3.63) is 52.5 Å². The van der Waals surface area contributed by atoms with Crippen LogP contribution in [0, 0.1) is 12.8 Å². The number of nitrogens with one attached hydrogen (secondary N) is 1. The number of carbonyl (C=O) groups excluding carboxylic acids is 2. The highest BCUT2D eigenvalue weighted by Crippen LogP contribution is 2.32. The summed E-state index contributed by atoms with van der Waals surface area (Å²) in [7, 11) is 0. The maximum atomic E-state index is 12.7. The molecule has 140 valence electrons. The number of rotatable bonds is 4. The molecule has 27 heavy (non-hydrogen) atoms. The van der Waals surface area contributed by atoms with Gasteiger partial charge in [-0.1, -0.05) is 17.7 Å². The highest BCUT2D eigenvalue weighted by Gasteiger charge is 2.37. The fourth-order valence-corrected chi connectivity index (χ4v) is 3.46. The molecular formula is C20H19ClN2O4. The lowest BCUT2D eigenvalue weighted by Crippen LogP contribution is -2.36. The average molecular weight is 387 g/mol. The molecule has 0 bridgehead atoms. The molecule has 2 heterocycles. The topological polar surface area (TPSA) is 67.9 Å². The Labute approximate surface area is 162 Å². The van der Waals surface area contributed by atoms with Crippen molar-refractivity contribution in [2.24, 2.45) is 5.92 Å².